The molecule has 1 aromatic rings. The van der Waals surface area contributed by atoms with Crippen molar-refractivity contribution in [1.29, 1.82) is 0 Å². The topological polar surface area (TPSA) is 58.1 Å². The van der Waals surface area contributed by atoms with Crippen molar-refractivity contribution in [1.82, 2.24) is 15.5 Å². The molecule has 1 unspecified atom stereocenters. The van der Waals surface area contributed by atoms with Crippen molar-refractivity contribution in [3.8, 4) is 5.75 Å². The molecule has 0 aliphatic carbocycles. The molecule has 1 heterocycles. The van der Waals surface area contributed by atoms with E-state index in [4.69, 9.17) is 4.74 Å². The number of aryl methyl sites for hydroxylation is 1. The SMILES string of the molecule is CCNC(=NCc1cc(C)ccc1OC(F)F)NCC1CN(C)CCO1. The molecule has 0 aromatic heterocycles. The highest BCUT2D eigenvalue weighted by molar-refractivity contribution is 5.79. The van der Waals surface area contributed by atoms with Gasteiger partial charge in [-0.3, -0.25) is 0 Å². The number of morpholine rings is 1. The Morgan fingerprint density at radius 1 is 1.42 bits per heavy atom. The summed E-state index contributed by atoms with van der Waals surface area (Å²) in [6, 6.07) is 5.10. The van der Waals surface area contributed by atoms with Crippen molar-refractivity contribution in [3.05, 3.63) is 29.3 Å². The standard InChI is InChI=1S/C18H28F2N4O2/c1-4-21-18(23-11-15-12-24(3)7-8-25-15)22-10-14-9-13(2)5-6-16(14)26-17(19)20/h5-6,9,15,17H,4,7-8,10-12H2,1-3H3,(H2,21,22,23). The van der Waals surface area contributed by atoms with Gasteiger partial charge in [-0.2, -0.15) is 8.78 Å². The quantitative estimate of drug-likeness (QED) is 0.568. The average Bonchev–Trinajstić information content (AvgIpc) is 2.59. The van der Waals surface area contributed by atoms with Crippen molar-refractivity contribution < 1.29 is 18.3 Å². The summed E-state index contributed by atoms with van der Waals surface area (Å²) in [5.41, 5.74) is 1.59. The van der Waals surface area contributed by atoms with Crippen LogP contribution in [0.4, 0.5) is 8.78 Å². The Morgan fingerprint density at radius 3 is 2.92 bits per heavy atom. The van der Waals surface area contributed by atoms with Gasteiger partial charge < -0.3 is 25.0 Å². The van der Waals surface area contributed by atoms with Gasteiger partial charge in [-0.05, 0) is 27.0 Å². The smallest absolute Gasteiger partial charge is 0.387 e. The number of rotatable bonds is 7. The lowest BCUT2D eigenvalue weighted by atomic mass is 10.1. The van der Waals surface area contributed by atoms with Gasteiger partial charge >= 0.3 is 6.61 Å². The second kappa shape index (κ2) is 10.3. The summed E-state index contributed by atoms with van der Waals surface area (Å²) in [6.45, 7) is 5.10. The highest BCUT2D eigenvalue weighted by Gasteiger charge is 2.17. The first-order valence-corrected chi connectivity index (χ1v) is 8.84. The molecule has 26 heavy (non-hydrogen) atoms. The number of hydrogen-bond donors (Lipinski definition) is 2. The number of nitrogens with zero attached hydrogens (tertiary/aromatic N) is 2. The summed E-state index contributed by atoms with van der Waals surface area (Å²) in [4.78, 5) is 6.72. The van der Waals surface area contributed by atoms with Gasteiger partial charge in [0.2, 0.25) is 0 Å². The zero-order valence-electron chi connectivity index (χ0n) is 15.6. The predicted octanol–water partition coefficient (Wildman–Crippen LogP) is 1.98. The zero-order chi connectivity index (χ0) is 18.9. The van der Waals surface area contributed by atoms with Crippen LogP contribution in [-0.2, 0) is 11.3 Å². The van der Waals surface area contributed by atoms with Crippen LogP contribution in [0, 0.1) is 6.92 Å². The van der Waals surface area contributed by atoms with E-state index in [-0.39, 0.29) is 18.4 Å². The minimum Gasteiger partial charge on any atom is -0.434 e. The molecule has 2 N–H and O–H groups in total. The maximum Gasteiger partial charge on any atom is 0.387 e. The van der Waals surface area contributed by atoms with E-state index >= 15 is 0 Å². The molecule has 6 nitrogen and oxygen atoms in total. The molecular formula is C18H28F2N4O2. The monoisotopic (exact) mass is 370 g/mol. The molecule has 2 rings (SSSR count). The van der Waals surface area contributed by atoms with E-state index in [0.717, 1.165) is 18.7 Å². The number of benzene rings is 1. The molecule has 146 valence electrons. The van der Waals surface area contributed by atoms with Gasteiger partial charge in [-0.15, -0.1) is 0 Å². The summed E-state index contributed by atoms with van der Waals surface area (Å²) in [7, 11) is 2.07. The minimum atomic E-state index is -2.85. The normalized spacial score (nSPS) is 18.8. The van der Waals surface area contributed by atoms with Gasteiger partial charge in [0.25, 0.3) is 0 Å². The number of halogens is 2. The number of likely N-dealkylation sites (N-methyl/N-ethyl adjacent to an activating group) is 1. The van der Waals surface area contributed by atoms with Gasteiger partial charge in [0.1, 0.15) is 5.75 Å². The first kappa shape index (κ1) is 20.4. The summed E-state index contributed by atoms with van der Waals surface area (Å²) in [6.07, 6.45) is 0.0919. The fourth-order valence-corrected chi connectivity index (χ4v) is 2.75. The van der Waals surface area contributed by atoms with Crippen molar-refractivity contribution in [3.63, 3.8) is 0 Å². The average molecular weight is 370 g/mol. The van der Waals surface area contributed by atoms with Crippen LogP contribution in [0.15, 0.2) is 23.2 Å². The van der Waals surface area contributed by atoms with E-state index < -0.39 is 6.61 Å². The van der Waals surface area contributed by atoms with Crippen LogP contribution in [0.25, 0.3) is 0 Å². The van der Waals surface area contributed by atoms with Crippen molar-refractivity contribution in [2.24, 2.45) is 4.99 Å². The van der Waals surface area contributed by atoms with E-state index in [1.807, 2.05) is 19.9 Å². The van der Waals surface area contributed by atoms with E-state index in [0.29, 0.717) is 31.2 Å². The van der Waals surface area contributed by atoms with E-state index in [2.05, 4.69) is 32.3 Å². The molecule has 0 spiro atoms. The largest absolute Gasteiger partial charge is 0.434 e. The molecule has 1 aliphatic rings. The molecule has 0 saturated carbocycles. The fourth-order valence-electron chi connectivity index (χ4n) is 2.75. The van der Waals surface area contributed by atoms with Gasteiger partial charge in [0.05, 0.1) is 19.3 Å². The Kier molecular flexibility index (Phi) is 8.06. The maximum atomic E-state index is 12.6. The van der Waals surface area contributed by atoms with Gasteiger partial charge in [0, 0.05) is 31.7 Å². The predicted molar refractivity (Wildman–Crippen MR) is 97.9 cm³/mol. The molecule has 0 bridgehead atoms. The third kappa shape index (κ3) is 6.76. The van der Waals surface area contributed by atoms with Gasteiger partial charge in [0.15, 0.2) is 5.96 Å². The number of guanidine groups is 1. The first-order valence-electron chi connectivity index (χ1n) is 8.84. The van der Waals surface area contributed by atoms with Crippen molar-refractivity contribution in [2.75, 3.05) is 39.8 Å². The van der Waals surface area contributed by atoms with Crippen LogP contribution in [-0.4, -0.2) is 63.4 Å². The number of nitrogens with one attached hydrogen (secondary N) is 2. The Bertz CT molecular complexity index is 599. The maximum absolute atomic E-state index is 12.6. The highest BCUT2D eigenvalue weighted by Crippen LogP contribution is 2.22. The Labute approximate surface area is 153 Å². The lowest BCUT2D eigenvalue weighted by Gasteiger charge is -2.30. The number of alkyl halides is 2. The fraction of sp³-hybridized carbons (Fsp3) is 0.611. The third-order valence-corrected chi connectivity index (χ3v) is 4.02. The Hall–Kier alpha value is -1.93. The molecule has 8 heteroatoms. The first-order chi connectivity index (χ1) is 12.5. The molecule has 1 atom stereocenters. The highest BCUT2D eigenvalue weighted by atomic mass is 19.3. The molecule has 0 radical (unpaired) electrons. The van der Waals surface area contributed by atoms with E-state index in [1.54, 1.807) is 12.1 Å². The second-order valence-corrected chi connectivity index (χ2v) is 6.32. The second-order valence-electron chi connectivity index (χ2n) is 6.32. The molecule has 1 fully saturated rings. The van der Waals surface area contributed by atoms with Crippen LogP contribution >= 0.6 is 0 Å². The molecular weight excluding hydrogens is 342 g/mol. The van der Waals surface area contributed by atoms with E-state index in [9.17, 15) is 8.78 Å². The number of hydrogen-bond acceptors (Lipinski definition) is 4. The third-order valence-electron chi connectivity index (χ3n) is 4.02. The van der Waals surface area contributed by atoms with Crippen molar-refractivity contribution in [2.45, 2.75) is 33.1 Å². The summed E-state index contributed by atoms with van der Waals surface area (Å²) in [5, 5.41) is 6.41. The molecule has 1 aromatic carbocycles. The van der Waals surface area contributed by atoms with Gasteiger partial charge in [-0.25, -0.2) is 4.99 Å². The zero-order valence-corrected chi connectivity index (χ0v) is 15.6. The number of ether oxygens (including phenoxy) is 2. The molecule has 1 saturated heterocycles. The summed E-state index contributed by atoms with van der Waals surface area (Å²) in [5.74, 6) is 0.774. The van der Waals surface area contributed by atoms with Crippen LogP contribution in [0.2, 0.25) is 0 Å². The van der Waals surface area contributed by atoms with Gasteiger partial charge in [-0.1, -0.05) is 17.7 Å². The minimum absolute atomic E-state index is 0.0919. The Morgan fingerprint density at radius 2 is 2.23 bits per heavy atom. The van der Waals surface area contributed by atoms with Crippen LogP contribution in [0.1, 0.15) is 18.1 Å². The van der Waals surface area contributed by atoms with Crippen LogP contribution in [0.5, 0.6) is 5.75 Å². The summed E-state index contributed by atoms with van der Waals surface area (Å²) < 4.78 is 35.5. The lowest BCUT2D eigenvalue weighted by Crippen LogP contribution is -2.48. The number of aliphatic imine (C=N–C) groups is 1. The van der Waals surface area contributed by atoms with Crippen LogP contribution < -0.4 is 15.4 Å². The lowest BCUT2D eigenvalue weighted by molar-refractivity contribution is -0.0504. The molecule has 1 aliphatic heterocycles. The molecule has 0 amide bonds. The van der Waals surface area contributed by atoms with E-state index in [1.165, 1.54) is 0 Å². The van der Waals surface area contributed by atoms with Crippen molar-refractivity contribution >= 4 is 5.96 Å². The Balaban J connectivity index is 2.00. The van der Waals surface area contributed by atoms with Crippen LogP contribution in [0.3, 0.4) is 0 Å². The summed E-state index contributed by atoms with van der Waals surface area (Å²) >= 11 is 0.